The molecule has 1 aromatic heterocycles. The predicted molar refractivity (Wildman–Crippen MR) is 136 cm³/mol. The molecule has 3 aromatic carbocycles. The van der Waals surface area contributed by atoms with E-state index in [-0.39, 0.29) is 0 Å². The molecule has 0 unspecified atom stereocenters. The standard InChI is InChI=1S/C28H29NO3S/c1-30-24-9-7-8-21(20-24)28-27(25-10-3-4-11-26(25)33-28)32-23-14-12-22(13-15-23)31-19-18-29-16-5-2-6-17-29/h3-4,7-15,20H,2,5-6,16-19H2,1H3. The van der Waals surface area contributed by atoms with Crippen molar-refractivity contribution in [1.29, 1.82) is 0 Å². The van der Waals surface area contributed by atoms with E-state index >= 15 is 0 Å². The van der Waals surface area contributed by atoms with E-state index in [2.05, 4.69) is 41.3 Å². The van der Waals surface area contributed by atoms with Crippen LogP contribution in [0.3, 0.4) is 0 Å². The maximum atomic E-state index is 6.45. The summed E-state index contributed by atoms with van der Waals surface area (Å²) in [6.07, 6.45) is 3.97. The Morgan fingerprint density at radius 1 is 0.818 bits per heavy atom. The van der Waals surface area contributed by atoms with Crippen molar-refractivity contribution in [2.75, 3.05) is 33.4 Å². The first-order chi connectivity index (χ1) is 16.3. The van der Waals surface area contributed by atoms with Crippen molar-refractivity contribution in [2.24, 2.45) is 0 Å². The summed E-state index contributed by atoms with van der Waals surface area (Å²) in [5, 5.41) is 1.11. The second kappa shape index (κ2) is 10.3. The highest BCUT2D eigenvalue weighted by molar-refractivity contribution is 7.22. The van der Waals surface area contributed by atoms with Gasteiger partial charge in [-0.3, -0.25) is 4.90 Å². The number of fused-ring (bicyclic) bond motifs is 1. The largest absolute Gasteiger partial charge is 0.497 e. The van der Waals surface area contributed by atoms with Crippen molar-refractivity contribution in [3.8, 4) is 33.4 Å². The minimum atomic E-state index is 0.718. The van der Waals surface area contributed by atoms with Crippen LogP contribution in [-0.2, 0) is 0 Å². The van der Waals surface area contributed by atoms with Crippen LogP contribution in [0.5, 0.6) is 23.0 Å². The van der Waals surface area contributed by atoms with E-state index in [9.17, 15) is 0 Å². The van der Waals surface area contributed by atoms with Crippen molar-refractivity contribution < 1.29 is 14.2 Å². The highest BCUT2D eigenvalue weighted by Gasteiger charge is 2.17. The van der Waals surface area contributed by atoms with E-state index in [0.29, 0.717) is 0 Å². The maximum absolute atomic E-state index is 6.45. The fourth-order valence-corrected chi connectivity index (χ4v) is 5.40. The third-order valence-electron chi connectivity index (χ3n) is 6.05. The summed E-state index contributed by atoms with van der Waals surface area (Å²) >= 11 is 1.73. The number of rotatable bonds is 8. The van der Waals surface area contributed by atoms with Crippen LogP contribution in [0.2, 0.25) is 0 Å². The Kier molecular flexibility index (Phi) is 6.79. The van der Waals surface area contributed by atoms with Gasteiger partial charge < -0.3 is 14.2 Å². The average molecular weight is 460 g/mol. The van der Waals surface area contributed by atoms with Gasteiger partial charge in [-0.25, -0.2) is 0 Å². The van der Waals surface area contributed by atoms with E-state index in [1.807, 2.05) is 36.4 Å². The van der Waals surface area contributed by atoms with Crippen LogP contribution in [0.4, 0.5) is 0 Å². The number of hydrogen-bond donors (Lipinski definition) is 0. The number of likely N-dealkylation sites (tertiary alicyclic amines) is 1. The van der Waals surface area contributed by atoms with Gasteiger partial charge in [-0.05, 0) is 80.0 Å². The Morgan fingerprint density at radius 3 is 2.42 bits per heavy atom. The first kappa shape index (κ1) is 21.8. The predicted octanol–water partition coefficient (Wildman–Crippen LogP) is 7.23. The number of ether oxygens (including phenoxy) is 3. The molecule has 0 aliphatic carbocycles. The smallest absolute Gasteiger partial charge is 0.153 e. The van der Waals surface area contributed by atoms with E-state index in [1.165, 1.54) is 37.1 Å². The van der Waals surface area contributed by atoms with Gasteiger partial charge in [0, 0.05) is 16.6 Å². The molecule has 4 aromatic rings. The van der Waals surface area contributed by atoms with Crippen LogP contribution in [-0.4, -0.2) is 38.3 Å². The zero-order valence-corrected chi connectivity index (χ0v) is 19.8. The molecular weight excluding hydrogens is 430 g/mol. The summed E-state index contributed by atoms with van der Waals surface area (Å²) in [5.74, 6) is 3.39. The summed E-state index contributed by atoms with van der Waals surface area (Å²) < 4.78 is 19.1. The van der Waals surface area contributed by atoms with Crippen molar-refractivity contribution >= 4 is 21.4 Å². The molecule has 0 N–H and O–H groups in total. The first-order valence-electron chi connectivity index (χ1n) is 11.6. The number of thiophene rings is 1. The second-order valence-corrected chi connectivity index (χ2v) is 9.36. The number of nitrogens with zero attached hydrogens (tertiary/aromatic N) is 1. The summed E-state index contributed by atoms with van der Waals surface area (Å²) in [4.78, 5) is 3.58. The molecule has 33 heavy (non-hydrogen) atoms. The fraction of sp³-hybridized carbons (Fsp3) is 0.286. The molecular formula is C28H29NO3S. The third-order valence-corrected chi connectivity index (χ3v) is 7.25. The number of piperidine rings is 1. The van der Waals surface area contributed by atoms with Crippen LogP contribution < -0.4 is 14.2 Å². The van der Waals surface area contributed by atoms with Crippen LogP contribution in [0, 0.1) is 0 Å². The third kappa shape index (κ3) is 5.15. The molecule has 5 heteroatoms. The maximum Gasteiger partial charge on any atom is 0.153 e. The van der Waals surface area contributed by atoms with E-state index in [1.54, 1.807) is 18.4 Å². The molecule has 0 radical (unpaired) electrons. The lowest BCUT2D eigenvalue weighted by Gasteiger charge is -2.26. The molecule has 5 rings (SSSR count). The van der Waals surface area contributed by atoms with Crippen molar-refractivity contribution in [3.63, 3.8) is 0 Å². The zero-order valence-electron chi connectivity index (χ0n) is 19.0. The molecule has 2 heterocycles. The number of benzene rings is 3. The van der Waals surface area contributed by atoms with Gasteiger partial charge in [-0.1, -0.05) is 30.7 Å². The van der Waals surface area contributed by atoms with Gasteiger partial charge in [0.05, 0.1) is 12.0 Å². The molecule has 0 atom stereocenters. The minimum absolute atomic E-state index is 0.718. The summed E-state index contributed by atoms with van der Waals surface area (Å²) in [5.41, 5.74) is 1.09. The lowest BCUT2D eigenvalue weighted by atomic mass is 10.1. The van der Waals surface area contributed by atoms with Gasteiger partial charge in [-0.2, -0.15) is 0 Å². The molecule has 1 fully saturated rings. The topological polar surface area (TPSA) is 30.9 Å². The number of methoxy groups -OCH3 is 1. The van der Waals surface area contributed by atoms with Gasteiger partial charge in [0.2, 0.25) is 0 Å². The Bertz CT molecular complexity index is 1200. The summed E-state index contributed by atoms with van der Waals surface area (Å²) in [6, 6.07) is 24.4. The SMILES string of the molecule is COc1cccc(-c2sc3ccccc3c2Oc2ccc(OCCN3CCCCC3)cc2)c1. The van der Waals surface area contributed by atoms with Crippen LogP contribution in [0.25, 0.3) is 20.5 Å². The van der Waals surface area contributed by atoms with E-state index in [4.69, 9.17) is 14.2 Å². The molecule has 0 bridgehead atoms. The van der Waals surface area contributed by atoms with Crippen molar-refractivity contribution in [3.05, 3.63) is 72.8 Å². The molecule has 0 spiro atoms. The lowest BCUT2D eigenvalue weighted by Crippen LogP contribution is -2.33. The second-order valence-electron chi connectivity index (χ2n) is 8.31. The van der Waals surface area contributed by atoms with Crippen LogP contribution in [0.15, 0.2) is 72.8 Å². The lowest BCUT2D eigenvalue weighted by molar-refractivity contribution is 0.183. The number of hydrogen-bond acceptors (Lipinski definition) is 5. The van der Waals surface area contributed by atoms with E-state index in [0.717, 1.165) is 52.0 Å². The van der Waals surface area contributed by atoms with Gasteiger partial charge in [-0.15, -0.1) is 11.3 Å². The molecule has 0 amide bonds. The van der Waals surface area contributed by atoms with Crippen LogP contribution >= 0.6 is 11.3 Å². The fourth-order valence-electron chi connectivity index (χ4n) is 4.27. The van der Waals surface area contributed by atoms with E-state index < -0.39 is 0 Å². The molecule has 170 valence electrons. The van der Waals surface area contributed by atoms with Crippen molar-refractivity contribution in [2.45, 2.75) is 19.3 Å². The molecule has 4 nitrogen and oxygen atoms in total. The Labute approximate surface area is 199 Å². The molecule has 0 saturated carbocycles. The Balaban J connectivity index is 1.33. The van der Waals surface area contributed by atoms with Gasteiger partial charge in [0.25, 0.3) is 0 Å². The Hall–Kier alpha value is -3.02. The highest BCUT2D eigenvalue weighted by atomic mass is 32.1. The Morgan fingerprint density at radius 2 is 1.61 bits per heavy atom. The minimum Gasteiger partial charge on any atom is -0.497 e. The molecule has 1 aliphatic rings. The summed E-state index contributed by atoms with van der Waals surface area (Å²) in [6.45, 7) is 4.10. The van der Waals surface area contributed by atoms with Crippen LogP contribution in [0.1, 0.15) is 19.3 Å². The van der Waals surface area contributed by atoms with Crippen molar-refractivity contribution in [1.82, 2.24) is 4.90 Å². The first-order valence-corrected chi connectivity index (χ1v) is 12.4. The quantitative estimate of drug-likeness (QED) is 0.278. The normalized spacial score (nSPS) is 14.3. The summed E-state index contributed by atoms with van der Waals surface area (Å²) in [7, 11) is 1.69. The van der Waals surface area contributed by atoms with Gasteiger partial charge in [0.1, 0.15) is 23.9 Å². The molecule has 1 aliphatic heterocycles. The van der Waals surface area contributed by atoms with Gasteiger partial charge >= 0.3 is 0 Å². The monoisotopic (exact) mass is 459 g/mol. The average Bonchev–Trinajstić information content (AvgIpc) is 3.24. The molecule has 1 saturated heterocycles. The zero-order chi connectivity index (χ0) is 22.5. The van der Waals surface area contributed by atoms with Gasteiger partial charge in [0.15, 0.2) is 5.75 Å². The highest BCUT2D eigenvalue weighted by Crippen LogP contribution is 2.46.